The van der Waals surface area contributed by atoms with E-state index in [4.69, 9.17) is 5.11 Å². The summed E-state index contributed by atoms with van der Waals surface area (Å²) in [6.45, 7) is 1.18. The Balaban J connectivity index is 3.06. The Morgan fingerprint density at radius 3 is 2.69 bits per heavy atom. The van der Waals surface area contributed by atoms with Gasteiger partial charge in [0.05, 0.1) is 12.3 Å². The fourth-order valence-corrected chi connectivity index (χ4v) is 1.65. The summed E-state index contributed by atoms with van der Waals surface area (Å²) < 4.78 is 0.775. The lowest BCUT2D eigenvalue weighted by molar-refractivity contribution is -0.114. The maximum Gasteiger partial charge on any atom is 0.221 e. The van der Waals surface area contributed by atoms with Crippen LogP contribution in [0.25, 0.3) is 0 Å². The third-order valence-corrected chi connectivity index (χ3v) is 2.42. The van der Waals surface area contributed by atoms with E-state index in [1.807, 2.05) is 0 Å². The van der Waals surface area contributed by atoms with Gasteiger partial charge < -0.3 is 10.4 Å². The molecule has 1 rings (SSSR count). The summed E-state index contributed by atoms with van der Waals surface area (Å²) in [7, 11) is 0. The molecule has 86 valence electrons. The number of ketones is 1. The maximum absolute atomic E-state index is 11.6. The minimum Gasteiger partial charge on any atom is -0.396 e. The average molecular weight is 286 g/mol. The lowest BCUT2D eigenvalue weighted by Gasteiger charge is -2.09. The summed E-state index contributed by atoms with van der Waals surface area (Å²) in [5, 5.41) is 11.3. The number of carbonyl (C=O) groups excluding carboxylic acids is 2. The number of anilines is 1. The van der Waals surface area contributed by atoms with Crippen molar-refractivity contribution in [2.45, 2.75) is 13.3 Å². The molecular formula is C11H12BrNO3. The quantitative estimate of drug-likeness (QED) is 0.832. The zero-order valence-corrected chi connectivity index (χ0v) is 10.4. The van der Waals surface area contributed by atoms with Crippen LogP contribution in [0.4, 0.5) is 5.69 Å². The predicted octanol–water partition coefficient (Wildman–Crippen LogP) is 1.97. The van der Waals surface area contributed by atoms with Gasteiger partial charge in [0.25, 0.3) is 0 Å². The molecule has 4 nitrogen and oxygen atoms in total. The zero-order chi connectivity index (χ0) is 12.1. The molecule has 16 heavy (non-hydrogen) atoms. The first kappa shape index (κ1) is 12.9. The Morgan fingerprint density at radius 2 is 2.12 bits per heavy atom. The van der Waals surface area contributed by atoms with E-state index in [0.717, 1.165) is 4.47 Å². The number of aliphatic hydroxyl groups excluding tert-OH is 1. The fourth-order valence-electron chi connectivity index (χ4n) is 1.29. The maximum atomic E-state index is 11.6. The first-order valence-electron chi connectivity index (χ1n) is 4.76. The van der Waals surface area contributed by atoms with Gasteiger partial charge in [0.15, 0.2) is 5.78 Å². The van der Waals surface area contributed by atoms with Crippen molar-refractivity contribution in [2.75, 3.05) is 11.9 Å². The van der Waals surface area contributed by atoms with Gasteiger partial charge >= 0.3 is 0 Å². The Bertz CT molecular complexity index is 418. The van der Waals surface area contributed by atoms with E-state index in [9.17, 15) is 9.59 Å². The molecule has 0 heterocycles. The Hall–Kier alpha value is -1.20. The molecule has 0 spiro atoms. The van der Waals surface area contributed by atoms with Crippen LogP contribution in [-0.4, -0.2) is 23.4 Å². The molecule has 0 saturated heterocycles. The Kier molecular flexibility index (Phi) is 4.64. The number of Topliss-reactive ketones (excluding diaryl/α,β-unsaturated/α-hetero) is 1. The fraction of sp³-hybridized carbons (Fsp3) is 0.273. The molecule has 1 aromatic rings. The van der Waals surface area contributed by atoms with Gasteiger partial charge in [-0.1, -0.05) is 15.9 Å². The molecule has 0 radical (unpaired) electrons. The van der Waals surface area contributed by atoms with Gasteiger partial charge in [-0.25, -0.2) is 0 Å². The van der Waals surface area contributed by atoms with Crippen LogP contribution in [0.15, 0.2) is 22.7 Å². The van der Waals surface area contributed by atoms with Crippen molar-refractivity contribution < 1.29 is 14.7 Å². The van der Waals surface area contributed by atoms with E-state index in [1.165, 1.54) is 6.92 Å². The number of amides is 1. The summed E-state index contributed by atoms with van der Waals surface area (Å²) in [6, 6.07) is 5.00. The number of hydrogen-bond donors (Lipinski definition) is 2. The lowest BCUT2D eigenvalue weighted by Crippen LogP contribution is -2.11. The van der Waals surface area contributed by atoms with Gasteiger partial charge in [-0.05, 0) is 18.2 Å². The van der Waals surface area contributed by atoms with Gasteiger partial charge in [0.2, 0.25) is 5.91 Å². The minimum atomic E-state index is -0.240. The van der Waals surface area contributed by atoms with Crippen LogP contribution < -0.4 is 5.32 Å². The third kappa shape index (κ3) is 3.43. The van der Waals surface area contributed by atoms with Crippen LogP contribution in [0.5, 0.6) is 0 Å². The number of rotatable bonds is 4. The third-order valence-electron chi connectivity index (χ3n) is 1.93. The highest BCUT2D eigenvalue weighted by atomic mass is 79.9. The molecule has 0 aliphatic rings. The molecule has 0 fully saturated rings. The Morgan fingerprint density at radius 1 is 1.44 bits per heavy atom. The van der Waals surface area contributed by atoms with Crippen molar-refractivity contribution in [3.05, 3.63) is 28.2 Å². The molecule has 0 aromatic heterocycles. The number of hydrogen-bond acceptors (Lipinski definition) is 3. The predicted molar refractivity (Wildman–Crippen MR) is 64.5 cm³/mol. The summed E-state index contributed by atoms with van der Waals surface area (Å²) in [5.74, 6) is -0.435. The summed E-state index contributed by atoms with van der Waals surface area (Å²) in [5.41, 5.74) is 0.868. The molecule has 0 unspecified atom stereocenters. The van der Waals surface area contributed by atoms with Crippen LogP contribution in [0, 0.1) is 0 Å². The second kappa shape index (κ2) is 5.77. The van der Waals surface area contributed by atoms with Crippen LogP contribution in [-0.2, 0) is 4.79 Å². The first-order valence-corrected chi connectivity index (χ1v) is 5.55. The number of benzene rings is 1. The highest BCUT2D eigenvalue weighted by Crippen LogP contribution is 2.22. The number of carbonyl (C=O) groups is 2. The van der Waals surface area contributed by atoms with E-state index in [0.29, 0.717) is 11.3 Å². The molecule has 0 aliphatic carbocycles. The van der Waals surface area contributed by atoms with Crippen molar-refractivity contribution in [1.82, 2.24) is 0 Å². The van der Waals surface area contributed by atoms with Crippen molar-refractivity contribution in [3.63, 3.8) is 0 Å². The van der Waals surface area contributed by atoms with Crippen molar-refractivity contribution in [1.29, 1.82) is 0 Å². The van der Waals surface area contributed by atoms with Crippen LogP contribution in [0.2, 0.25) is 0 Å². The summed E-state index contributed by atoms with van der Waals surface area (Å²) >= 11 is 3.26. The van der Waals surface area contributed by atoms with Gasteiger partial charge in [-0.2, -0.15) is 0 Å². The SMILES string of the molecule is CC(=O)Nc1cc(Br)ccc1C(=O)CCO. The van der Waals surface area contributed by atoms with E-state index in [-0.39, 0.29) is 24.7 Å². The smallest absolute Gasteiger partial charge is 0.221 e. The normalized spacial score (nSPS) is 9.94. The second-order valence-corrected chi connectivity index (χ2v) is 4.18. The van der Waals surface area contributed by atoms with E-state index in [2.05, 4.69) is 21.2 Å². The number of nitrogens with one attached hydrogen (secondary N) is 1. The molecule has 0 aliphatic heterocycles. The molecule has 5 heteroatoms. The van der Waals surface area contributed by atoms with Crippen LogP contribution >= 0.6 is 15.9 Å². The van der Waals surface area contributed by atoms with Gasteiger partial charge in [0, 0.05) is 23.4 Å². The topological polar surface area (TPSA) is 66.4 Å². The molecule has 0 saturated carbocycles. The van der Waals surface area contributed by atoms with Crippen LogP contribution in [0.3, 0.4) is 0 Å². The standard InChI is InChI=1S/C11H12BrNO3/c1-7(15)13-10-6-8(12)2-3-9(10)11(16)4-5-14/h2-3,6,14H,4-5H2,1H3,(H,13,15). The average Bonchev–Trinajstić information content (AvgIpc) is 2.16. The van der Waals surface area contributed by atoms with Crippen molar-refractivity contribution in [2.24, 2.45) is 0 Å². The van der Waals surface area contributed by atoms with Crippen molar-refractivity contribution in [3.8, 4) is 0 Å². The number of aliphatic hydroxyl groups is 1. The highest BCUT2D eigenvalue weighted by molar-refractivity contribution is 9.10. The van der Waals surface area contributed by atoms with Gasteiger partial charge in [-0.3, -0.25) is 9.59 Å². The molecule has 1 aromatic carbocycles. The Labute approximate surface area is 102 Å². The van der Waals surface area contributed by atoms with Gasteiger partial charge in [0.1, 0.15) is 0 Å². The zero-order valence-electron chi connectivity index (χ0n) is 8.79. The number of halogens is 1. The van der Waals surface area contributed by atoms with E-state index < -0.39 is 0 Å². The monoisotopic (exact) mass is 285 g/mol. The van der Waals surface area contributed by atoms with Crippen molar-refractivity contribution >= 4 is 33.3 Å². The summed E-state index contributed by atoms with van der Waals surface area (Å²) in [4.78, 5) is 22.6. The molecular weight excluding hydrogens is 274 g/mol. The van der Waals surface area contributed by atoms with Crippen LogP contribution in [0.1, 0.15) is 23.7 Å². The van der Waals surface area contributed by atoms with Gasteiger partial charge in [-0.15, -0.1) is 0 Å². The van der Waals surface area contributed by atoms with E-state index in [1.54, 1.807) is 18.2 Å². The first-order chi connectivity index (χ1) is 7.54. The molecule has 1 amide bonds. The largest absolute Gasteiger partial charge is 0.396 e. The molecule has 0 atom stereocenters. The lowest BCUT2D eigenvalue weighted by atomic mass is 10.1. The highest BCUT2D eigenvalue weighted by Gasteiger charge is 2.12. The second-order valence-electron chi connectivity index (χ2n) is 3.27. The minimum absolute atomic E-state index is 0.0498. The summed E-state index contributed by atoms with van der Waals surface area (Å²) in [6.07, 6.45) is 0.0498. The molecule has 2 N–H and O–H groups in total. The van der Waals surface area contributed by atoms with E-state index >= 15 is 0 Å². The molecule has 0 bridgehead atoms.